The molecule has 2 heteroatoms. The highest BCUT2D eigenvalue weighted by atomic mass is 16.1. The fraction of sp³-hybridized carbons (Fsp3) is 0.533. The summed E-state index contributed by atoms with van der Waals surface area (Å²) in [5.41, 5.74) is 2.12. The van der Waals surface area contributed by atoms with Gasteiger partial charge in [-0.15, -0.1) is 0 Å². The van der Waals surface area contributed by atoms with Crippen molar-refractivity contribution in [1.29, 1.82) is 0 Å². The normalized spacial score (nSPS) is 18.0. The van der Waals surface area contributed by atoms with Crippen molar-refractivity contribution < 1.29 is 4.79 Å². The number of benzene rings is 1. The molecule has 92 valence electrons. The zero-order valence-electron chi connectivity index (χ0n) is 10.7. The van der Waals surface area contributed by atoms with Gasteiger partial charge < -0.3 is 5.32 Å². The fourth-order valence-electron chi connectivity index (χ4n) is 2.56. The van der Waals surface area contributed by atoms with Crippen molar-refractivity contribution in [1.82, 2.24) is 0 Å². The lowest BCUT2D eigenvalue weighted by atomic mass is 9.92. The molecule has 0 aliphatic heterocycles. The highest BCUT2D eigenvalue weighted by molar-refractivity contribution is 5.92. The average Bonchev–Trinajstić information content (AvgIpc) is 2.84. The summed E-state index contributed by atoms with van der Waals surface area (Å²) in [6.07, 6.45) is 4.99. The molecule has 0 unspecified atom stereocenters. The summed E-state index contributed by atoms with van der Waals surface area (Å²) in [6.45, 7) is 4.10. The topological polar surface area (TPSA) is 29.1 Å². The molecule has 0 heterocycles. The Morgan fingerprint density at radius 3 is 2.41 bits per heavy atom. The number of hydrogen-bond acceptors (Lipinski definition) is 1. The molecule has 1 aliphatic rings. The lowest BCUT2D eigenvalue weighted by Crippen LogP contribution is -2.25. The van der Waals surface area contributed by atoms with Gasteiger partial charge in [0, 0.05) is 11.6 Å². The van der Waals surface area contributed by atoms with Gasteiger partial charge in [0.05, 0.1) is 0 Å². The second-order valence-electron chi connectivity index (χ2n) is 5.19. The fourth-order valence-corrected chi connectivity index (χ4v) is 2.56. The van der Waals surface area contributed by atoms with Gasteiger partial charge in [0.2, 0.25) is 5.91 Å². The van der Waals surface area contributed by atoms with E-state index in [0.717, 1.165) is 5.69 Å². The molecule has 0 radical (unpaired) electrons. The minimum Gasteiger partial charge on any atom is -0.326 e. The van der Waals surface area contributed by atoms with Crippen LogP contribution >= 0.6 is 0 Å². The number of aryl methyl sites for hydroxylation is 1. The molecule has 1 saturated carbocycles. The standard InChI is InChI=1S/C15H21NO/c1-11-7-9-14(10-8-11)16-15(17)12(2)13-5-3-4-6-13/h7-10,12-13H,3-6H2,1-2H3,(H,16,17)/t12-/m0/s1. The molecule has 1 amide bonds. The Kier molecular flexibility index (Phi) is 3.82. The first kappa shape index (κ1) is 12.2. The Hall–Kier alpha value is -1.31. The molecule has 17 heavy (non-hydrogen) atoms. The molecule has 1 N–H and O–H groups in total. The third kappa shape index (κ3) is 3.09. The van der Waals surface area contributed by atoms with Gasteiger partial charge in [-0.1, -0.05) is 37.5 Å². The lowest BCUT2D eigenvalue weighted by Gasteiger charge is -2.18. The number of amides is 1. The van der Waals surface area contributed by atoms with E-state index in [-0.39, 0.29) is 11.8 Å². The van der Waals surface area contributed by atoms with Crippen LogP contribution in [0.1, 0.15) is 38.2 Å². The van der Waals surface area contributed by atoms with Crippen LogP contribution in [0.15, 0.2) is 24.3 Å². The Morgan fingerprint density at radius 1 is 1.24 bits per heavy atom. The van der Waals surface area contributed by atoms with Gasteiger partial charge in [-0.3, -0.25) is 4.79 Å². The number of anilines is 1. The van der Waals surface area contributed by atoms with Crippen LogP contribution in [0.2, 0.25) is 0 Å². The number of carbonyl (C=O) groups is 1. The van der Waals surface area contributed by atoms with E-state index in [1.54, 1.807) is 0 Å². The van der Waals surface area contributed by atoms with E-state index in [0.29, 0.717) is 5.92 Å². The lowest BCUT2D eigenvalue weighted by molar-refractivity contribution is -0.120. The third-order valence-corrected chi connectivity index (χ3v) is 3.84. The Bertz CT molecular complexity index is 376. The van der Waals surface area contributed by atoms with E-state index in [1.165, 1.54) is 31.2 Å². The summed E-state index contributed by atoms with van der Waals surface area (Å²) in [6, 6.07) is 7.98. The van der Waals surface area contributed by atoms with Crippen LogP contribution in [-0.2, 0) is 4.79 Å². The molecule has 0 bridgehead atoms. The maximum Gasteiger partial charge on any atom is 0.227 e. The van der Waals surface area contributed by atoms with Crippen molar-refractivity contribution in [2.45, 2.75) is 39.5 Å². The van der Waals surface area contributed by atoms with E-state index >= 15 is 0 Å². The molecule has 0 spiro atoms. The van der Waals surface area contributed by atoms with Crippen LogP contribution in [-0.4, -0.2) is 5.91 Å². The van der Waals surface area contributed by atoms with E-state index in [1.807, 2.05) is 31.2 Å². The smallest absolute Gasteiger partial charge is 0.227 e. The number of nitrogens with one attached hydrogen (secondary N) is 1. The van der Waals surface area contributed by atoms with Gasteiger partial charge >= 0.3 is 0 Å². The molecule has 1 fully saturated rings. The van der Waals surface area contributed by atoms with E-state index in [2.05, 4.69) is 12.2 Å². The summed E-state index contributed by atoms with van der Waals surface area (Å²) in [4.78, 5) is 12.1. The first-order chi connectivity index (χ1) is 8.16. The summed E-state index contributed by atoms with van der Waals surface area (Å²) in [7, 11) is 0. The highest BCUT2D eigenvalue weighted by Gasteiger charge is 2.26. The zero-order valence-corrected chi connectivity index (χ0v) is 10.7. The molecule has 1 atom stereocenters. The van der Waals surface area contributed by atoms with Crippen LogP contribution < -0.4 is 5.32 Å². The van der Waals surface area contributed by atoms with Gasteiger partial charge in [-0.25, -0.2) is 0 Å². The second-order valence-corrected chi connectivity index (χ2v) is 5.19. The van der Waals surface area contributed by atoms with Gasteiger partial charge in [0.15, 0.2) is 0 Å². The second kappa shape index (κ2) is 5.35. The Morgan fingerprint density at radius 2 is 1.82 bits per heavy atom. The minimum atomic E-state index is 0.138. The monoisotopic (exact) mass is 231 g/mol. The molecule has 0 aromatic heterocycles. The van der Waals surface area contributed by atoms with Crippen molar-refractivity contribution in [3.8, 4) is 0 Å². The van der Waals surface area contributed by atoms with E-state index in [4.69, 9.17) is 0 Å². The van der Waals surface area contributed by atoms with Crippen molar-refractivity contribution in [2.24, 2.45) is 11.8 Å². The largest absolute Gasteiger partial charge is 0.326 e. The summed E-state index contributed by atoms with van der Waals surface area (Å²) >= 11 is 0. The molecule has 1 aromatic rings. The molecule has 2 rings (SSSR count). The van der Waals surface area contributed by atoms with E-state index in [9.17, 15) is 4.79 Å². The summed E-state index contributed by atoms with van der Waals surface area (Å²) < 4.78 is 0. The Labute approximate surface area is 103 Å². The third-order valence-electron chi connectivity index (χ3n) is 3.84. The number of hydrogen-bond donors (Lipinski definition) is 1. The molecule has 2 nitrogen and oxygen atoms in total. The van der Waals surface area contributed by atoms with Gasteiger partial charge in [-0.05, 0) is 37.8 Å². The summed E-state index contributed by atoms with van der Waals surface area (Å²) in [5, 5.41) is 3.01. The van der Waals surface area contributed by atoms with E-state index < -0.39 is 0 Å². The van der Waals surface area contributed by atoms with Crippen molar-refractivity contribution in [3.63, 3.8) is 0 Å². The van der Waals surface area contributed by atoms with Gasteiger partial charge in [0.1, 0.15) is 0 Å². The molecular weight excluding hydrogens is 210 g/mol. The SMILES string of the molecule is Cc1ccc(NC(=O)[C@@H](C)C2CCCC2)cc1. The Balaban J connectivity index is 1.93. The van der Waals surface area contributed by atoms with Crippen LogP contribution in [0.25, 0.3) is 0 Å². The summed E-state index contributed by atoms with van der Waals surface area (Å²) in [5.74, 6) is 0.889. The maximum atomic E-state index is 12.1. The predicted octanol–water partition coefficient (Wildman–Crippen LogP) is 3.76. The molecule has 1 aromatic carbocycles. The maximum absolute atomic E-state index is 12.1. The first-order valence-electron chi connectivity index (χ1n) is 6.54. The van der Waals surface area contributed by atoms with Crippen LogP contribution in [0.5, 0.6) is 0 Å². The van der Waals surface area contributed by atoms with Crippen LogP contribution in [0.4, 0.5) is 5.69 Å². The highest BCUT2D eigenvalue weighted by Crippen LogP contribution is 2.31. The number of carbonyl (C=O) groups excluding carboxylic acids is 1. The zero-order chi connectivity index (χ0) is 12.3. The first-order valence-corrected chi connectivity index (χ1v) is 6.54. The van der Waals surface area contributed by atoms with Crippen LogP contribution in [0, 0.1) is 18.8 Å². The van der Waals surface area contributed by atoms with Gasteiger partial charge in [-0.2, -0.15) is 0 Å². The quantitative estimate of drug-likeness (QED) is 0.843. The molecule has 0 saturated heterocycles. The van der Waals surface area contributed by atoms with Crippen LogP contribution in [0.3, 0.4) is 0 Å². The van der Waals surface area contributed by atoms with Crippen molar-refractivity contribution in [2.75, 3.05) is 5.32 Å². The van der Waals surface area contributed by atoms with Crippen molar-refractivity contribution >= 4 is 11.6 Å². The average molecular weight is 231 g/mol. The molecule has 1 aliphatic carbocycles. The molecular formula is C15H21NO. The van der Waals surface area contributed by atoms with Gasteiger partial charge in [0.25, 0.3) is 0 Å². The van der Waals surface area contributed by atoms with Crippen molar-refractivity contribution in [3.05, 3.63) is 29.8 Å². The predicted molar refractivity (Wildman–Crippen MR) is 70.9 cm³/mol. The minimum absolute atomic E-state index is 0.138. The number of rotatable bonds is 3.